The molecule has 2 aliphatic rings. The summed E-state index contributed by atoms with van der Waals surface area (Å²) in [6, 6.07) is 4.96. The maximum Gasteiger partial charge on any atom is 0.325 e. The lowest BCUT2D eigenvalue weighted by atomic mass is 9.92. The van der Waals surface area contributed by atoms with Gasteiger partial charge in [0.25, 0.3) is 5.91 Å². The van der Waals surface area contributed by atoms with Crippen LogP contribution in [0.4, 0.5) is 9.18 Å². The average molecular weight is 363 g/mol. The molecule has 2 fully saturated rings. The normalized spacial score (nSPS) is 26.2. The number of nitrogens with zero attached hydrogens (tertiary/aromatic N) is 2. The predicted octanol–water partition coefficient (Wildman–Crippen LogP) is 1.69. The maximum atomic E-state index is 13.1. The van der Waals surface area contributed by atoms with Crippen molar-refractivity contribution in [3.8, 4) is 0 Å². The number of benzene rings is 1. The summed E-state index contributed by atoms with van der Waals surface area (Å²) in [7, 11) is 0. The van der Waals surface area contributed by atoms with Gasteiger partial charge in [-0.2, -0.15) is 0 Å². The summed E-state index contributed by atoms with van der Waals surface area (Å²) in [5, 5.41) is 13.0. The Morgan fingerprint density at radius 3 is 2.46 bits per heavy atom. The minimum atomic E-state index is -1.24. The van der Waals surface area contributed by atoms with E-state index < -0.39 is 29.4 Å². The van der Waals surface area contributed by atoms with Crippen LogP contribution >= 0.6 is 0 Å². The molecule has 0 aromatic heterocycles. The van der Waals surface area contributed by atoms with Crippen molar-refractivity contribution < 1.29 is 19.1 Å². The molecule has 2 heterocycles. The molecule has 1 aromatic carbocycles. The van der Waals surface area contributed by atoms with Crippen LogP contribution in [0.15, 0.2) is 24.3 Å². The van der Waals surface area contributed by atoms with Gasteiger partial charge in [0.1, 0.15) is 11.4 Å². The van der Waals surface area contributed by atoms with Gasteiger partial charge in [0.2, 0.25) is 0 Å². The second kappa shape index (κ2) is 7.32. The third-order valence-corrected chi connectivity index (χ3v) is 5.44. The largest absolute Gasteiger partial charge is 0.390 e. The first kappa shape index (κ1) is 18.8. The SMILES string of the molecule is CC1CCN(C[C@H](O)CN2C(=O)N[C@@](C)(c3ccc(F)cc3)C2=O)CC1. The lowest BCUT2D eigenvalue weighted by Gasteiger charge is -2.32. The van der Waals surface area contributed by atoms with Crippen molar-refractivity contribution in [1.29, 1.82) is 0 Å². The smallest absolute Gasteiger partial charge is 0.325 e. The molecule has 6 nitrogen and oxygen atoms in total. The molecule has 26 heavy (non-hydrogen) atoms. The van der Waals surface area contributed by atoms with Crippen molar-refractivity contribution in [2.45, 2.75) is 38.3 Å². The van der Waals surface area contributed by atoms with E-state index in [0.29, 0.717) is 18.0 Å². The van der Waals surface area contributed by atoms with E-state index in [1.54, 1.807) is 6.92 Å². The third-order valence-electron chi connectivity index (χ3n) is 5.44. The Hall–Kier alpha value is -1.99. The number of hydrogen-bond donors (Lipinski definition) is 2. The quantitative estimate of drug-likeness (QED) is 0.781. The van der Waals surface area contributed by atoms with Crippen LogP contribution in [0.5, 0.6) is 0 Å². The first-order valence-corrected chi connectivity index (χ1v) is 9.10. The standard InChI is InChI=1S/C19H26FN3O3/c1-13-7-9-22(10-8-13)11-16(24)12-23-17(25)19(2,21-18(23)26)14-3-5-15(20)6-4-14/h3-6,13,16,24H,7-12H2,1-2H3,(H,21,26)/t16-,19-/m0/s1. The van der Waals surface area contributed by atoms with Gasteiger partial charge in [-0.05, 0) is 56.5 Å². The first-order valence-electron chi connectivity index (χ1n) is 9.10. The van der Waals surface area contributed by atoms with Crippen molar-refractivity contribution >= 4 is 11.9 Å². The van der Waals surface area contributed by atoms with Crippen molar-refractivity contribution in [1.82, 2.24) is 15.1 Å². The fourth-order valence-electron chi connectivity index (χ4n) is 3.65. The highest BCUT2D eigenvalue weighted by Crippen LogP contribution is 2.29. The number of aliphatic hydroxyl groups excluding tert-OH is 1. The van der Waals surface area contributed by atoms with E-state index in [1.807, 2.05) is 0 Å². The Bertz CT molecular complexity index is 673. The molecule has 0 unspecified atom stereocenters. The van der Waals surface area contributed by atoms with Gasteiger partial charge in [-0.3, -0.25) is 9.69 Å². The number of rotatable bonds is 5. The molecular weight excluding hydrogens is 337 g/mol. The van der Waals surface area contributed by atoms with Crippen LogP contribution in [0.25, 0.3) is 0 Å². The zero-order chi connectivity index (χ0) is 18.9. The van der Waals surface area contributed by atoms with Crippen molar-refractivity contribution in [2.75, 3.05) is 26.2 Å². The van der Waals surface area contributed by atoms with E-state index in [-0.39, 0.29) is 6.54 Å². The number of carbonyl (C=O) groups is 2. The summed E-state index contributed by atoms with van der Waals surface area (Å²) in [5.41, 5.74) is -0.732. The van der Waals surface area contributed by atoms with Gasteiger partial charge < -0.3 is 15.3 Å². The van der Waals surface area contributed by atoms with Crippen LogP contribution in [0.3, 0.4) is 0 Å². The summed E-state index contributed by atoms with van der Waals surface area (Å²) in [5.74, 6) is -0.136. The zero-order valence-electron chi connectivity index (χ0n) is 15.2. The number of imide groups is 1. The lowest BCUT2D eigenvalue weighted by Crippen LogP contribution is -2.45. The molecule has 7 heteroatoms. The number of urea groups is 1. The Balaban J connectivity index is 1.64. The molecule has 0 bridgehead atoms. The highest BCUT2D eigenvalue weighted by molar-refractivity contribution is 6.07. The summed E-state index contributed by atoms with van der Waals surface area (Å²) >= 11 is 0. The Morgan fingerprint density at radius 1 is 1.23 bits per heavy atom. The van der Waals surface area contributed by atoms with Gasteiger partial charge in [-0.1, -0.05) is 19.1 Å². The highest BCUT2D eigenvalue weighted by atomic mass is 19.1. The minimum Gasteiger partial charge on any atom is -0.390 e. The number of piperidine rings is 1. The van der Waals surface area contributed by atoms with Crippen molar-refractivity contribution in [3.05, 3.63) is 35.6 Å². The molecule has 2 aliphatic heterocycles. The number of aliphatic hydroxyl groups is 1. The van der Waals surface area contributed by atoms with Crippen LogP contribution in [0.2, 0.25) is 0 Å². The van der Waals surface area contributed by atoms with Crippen LogP contribution in [-0.4, -0.2) is 59.1 Å². The van der Waals surface area contributed by atoms with E-state index in [4.69, 9.17) is 0 Å². The second-order valence-corrected chi connectivity index (χ2v) is 7.61. The molecule has 0 aliphatic carbocycles. The molecule has 0 spiro atoms. The Kier molecular flexibility index (Phi) is 5.29. The third kappa shape index (κ3) is 3.73. The molecule has 142 valence electrons. The van der Waals surface area contributed by atoms with Gasteiger partial charge in [0, 0.05) is 6.54 Å². The topological polar surface area (TPSA) is 72.9 Å². The number of likely N-dealkylation sites (tertiary alicyclic amines) is 1. The monoisotopic (exact) mass is 363 g/mol. The number of nitrogens with one attached hydrogen (secondary N) is 1. The molecule has 2 atom stereocenters. The number of carbonyl (C=O) groups excluding carboxylic acids is 2. The maximum absolute atomic E-state index is 13.1. The van der Waals surface area contributed by atoms with E-state index >= 15 is 0 Å². The van der Waals surface area contributed by atoms with Crippen molar-refractivity contribution in [2.24, 2.45) is 5.92 Å². The van der Waals surface area contributed by atoms with Gasteiger partial charge >= 0.3 is 6.03 Å². The van der Waals surface area contributed by atoms with E-state index in [2.05, 4.69) is 17.1 Å². The molecular formula is C19H26FN3O3. The minimum absolute atomic E-state index is 0.0481. The van der Waals surface area contributed by atoms with E-state index in [1.165, 1.54) is 24.3 Å². The highest BCUT2D eigenvalue weighted by Gasteiger charge is 2.49. The molecule has 3 amide bonds. The molecule has 0 radical (unpaired) electrons. The van der Waals surface area contributed by atoms with E-state index in [9.17, 15) is 19.1 Å². The Morgan fingerprint density at radius 2 is 1.85 bits per heavy atom. The van der Waals surface area contributed by atoms with E-state index in [0.717, 1.165) is 30.8 Å². The van der Waals surface area contributed by atoms with Gasteiger partial charge in [-0.25, -0.2) is 9.18 Å². The first-order chi connectivity index (χ1) is 12.3. The predicted molar refractivity (Wildman–Crippen MR) is 94.8 cm³/mol. The number of β-amino-alcohol motifs (C(OH)–C–C–N with tert-alkyl or cyclic N) is 1. The number of amides is 3. The fraction of sp³-hybridized carbons (Fsp3) is 0.579. The van der Waals surface area contributed by atoms with Crippen LogP contribution < -0.4 is 5.32 Å². The van der Waals surface area contributed by atoms with Crippen LogP contribution in [0, 0.1) is 11.7 Å². The van der Waals surface area contributed by atoms with Crippen LogP contribution in [-0.2, 0) is 10.3 Å². The van der Waals surface area contributed by atoms with Gasteiger partial charge in [-0.15, -0.1) is 0 Å². The molecule has 1 aromatic rings. The number of hydrogen-bond acceptors (Lipinski definition) is 4. The summed E-state index contributed by atoms with van der Waals surface area (Å²) < 4.78 is 13.1. The van der Waals surface area contributed by atoms with Gasteiger partial charge in [0.05, 0.1) is 12.6 Å². The Labute approximate surface area is 153 Å². The molecule has 2 N–H and O–H groups in total. The number of halogens is 1. The average Bonchev–Trinajstić information content (AvgIpc) is 2.82. The summed E-state index contributed by atoms with van der Waals surface area (Å²) in [6.07, 6.45) is 1.39. The second-order valence-electron chi connectivity index (χ2n) is 7.61. The summed E-state index contributed by atoms with van der Waals surface area (Å²) in [6.45, 7) is 6.05. The van der Waals surface area contributed by atoms with Crippen LogP contribution in [0.1, 0.15) is 32.3 Å². The summed E-state index contributed by atoms with van der Waals surface area (Å²) in [4.78, 5) is 28.3. The molecule has 3 rings (SSSR count). The molecule has 2 saturated heterocycles. The lowest BCUT2D eigenvalue weighted by molar-refractivity contribution is -0.132. The fourth-order valence-corrected chi connectivity index (χ4v) is 3.65. The van der Waals surface area contributed by atoms with Crippen molar-refractivity contribution in [3.63, 3.8) is 0 Å². The molecule has 0 saturated carbocycles. The van der Waals surface area contributed by atoms with Gasteiger partial charge in [0.15, 0.2) is 0 Å². The zero-order valence-corrected chi connectivity index (χ0v) is 15.2.